The molecular weight excluding hydrogens is 602 g/mol. The van der Waals surface area contributed by atoms with Gasteiger partial charge in [-0.1, -0.05) is 70.3 Å². The van der Waals surface area contributed by atoms with E-state index in [9.17, 15) is 18.0 Å². The number of anilines is 1. The average Bonchev–Trinajstić information content (AvgIpc) is 2.88. The zero-order chi connectivity index (χ0) is 28.7. The van der Waals surface area contributed by atoms with Gasteiger partial charge in [0.2, 0.25) is 11.8 Å². The van der Waals surface area contributed by atoms with E-state index >= 15 is 0 Å². The maximum Gasteiger partial charge on any atom is 0.264 e. The van der Waals surface area contributed by atoms with Crippen molar-refractivity contribution in [3.63, 3.8) is 0 Å². The van der Waals surface area contributed by atoms with Crippen LogP contribution in [0.15, 0.2) is 82.2 Å². The lowest BCUT2D eigenvalue weighted by molar-refractivity contribution is -0.140. The van der Waals surface area contributed by atoms with Crippen LogP contribution >= 0.6 is 27.5 Å². The third-order valence-electron chi connectivity index (χ3n) is 6.07. The van der Waals surface area contributed by atoms with Crippen molar-refractivity contribution in [1.82, 2.24) is 10.2 Å². The van der Waals surface area contributed by atoms with Crippen molar-refractivity contribution >= 4 is 55.1 Å². The van der Waals surface area contributed by atoms with Crippen LogP contribution in [-0.4, -0.2) is 43.8 Å². The van der Waals surface area contributed by atoms with Crippen molar-refractivity contribution in [3.05, 3.63) is 93.4 Å². The fraction of sp³-hybridized carbons (Fsp3) is 0.310. The number of benzene rings is 3. The summed E-state index contributed by atoms with van der Waals surface area (Å²) in [5.74, 6) is -0.809. The van der Waals surface area contributed by atoms with Crippen LogP contribution in [0.25, 0.3) is 0 Å². The first-order chi connectivity index (χ1) is 18.4. The topological polar surface area (TPSA) is 86.8 Å². The average molecular weight is 635 g/mol. The van der Waals surface area contributed by atoms with E-state index in [1.54, 1.807) is 60.7 Å². The molecule has 39 heavy (non-hydrogen) atoms. The summed E-state index contributed by atoms with van der Waals surface area (Å²) < 4.78 is 29.5. The number of carbonyl (C=O) groups is 2. The lowest BCUT2D eigenvalue weighted by Gasteiger charge is -2.33. The molecule has 3 aromatic rings. The molecule has 3 rings (SSSR count). The zero-order valence-corrected chi connectivity index (χ0v) is 25.6. The van der Waals surface area contributed by atoms with Gasteiger partial charge in [0.1, 0.15) is 12.6 Å². The number of hydrogen-bond donors (Lipinski definition) is 1. The highest BCUT2D eigenvalue weighted by atomic mass is 79.9. The van der Waals surface area contributed by atoms with Gasteiger partial charge in [-0.15, -0.1) is 0 Å². The first-order valence-electron chi connectivity index (χ1n) is 12.6. The molecule has 0 fully saturated rings. The molecule has 0 saturated heterocycles. The predicted octanol–water partition coefficient (Wildman–Crippen LogP) is 5.94. The molecule has 0 spiro atoms. The highest BCUT2D eigenvalue weighted by Crippen LogP contribution is 2.27. The van der Waals surface area contributed by atoms with Gasteiger partial charge in [-0.2, -0.15) is 0 Å². The van der Waals surface area contributed by atoms with Crippen LogP contribution in [0.1, 0.15) is 38.3 Å². The van der Waals surface area contributed by atoms with Gasteiger partial charge in [-0.25, -0.2) is 8.42 Å². The Morgan fingerprint density at radius 3 is 2.21 bits per heavy atom. The van der Waals surface area contributed by atoms with Crippen molar-refractivity contribution < 1.29 is 18.0 Å². The second-order valence-corrected chi connectivity index (χ2v) is 12.8. The van der Waals surface area contributed by atoms with Gasteiger partial charge in [0, 0.05) is 22.1 Å². The quantitative estimate of drug-likeness (QED) is 0.283. The van der Waals surface area contributed by atoms with Crippen LogP contribution < -0.4 is 9.62 Å². The Balaban J connectivity index is 2.06. The molecule has 0 aliphatic carbocycles. The van der Waals surface area contributed by atoms with Crippen molar-refractivity contribution in [1.29, 1.82) is 0 Å². The summed E-state index contributed by atoms with van der Waals surface area (Å²) >= 11 is 9.46. The van der Waals surface area contributed by atoms with Crippen molar-refractivity contribution in [2.24, 2.45) is 0 Å². The standard InChI is InChI=1S/C29H33BrClN3O4S/c1-5-27(29(36)32-20(2)3)33(18-22-11-13-24(31)14-12-22)28(35)19-34(25-8-6-7-23(30)17-25)39(37,38)26-15-9-21(4)10-16-26/h6-17,20,27H,5,18-19H2,1-4H3,(H,32,36). The number of hydrogen-bond acceptors (Lipinski definition) is 4. The van der Waals surface area contributed by atoms with Crippen LogP contribution in [0.2, 0.25) is 5.02 Å². The number of sulfonamides is 1. The molecule has 1 N–H and O–H groups in total. The number of rotatable bonds is 11. The Bertz CT molecular complexity index is 1400. The Hall–Kier alpha value is -2.88. The van der Waals surface area contributed by atoms with E-state index < -0.39 is 28.5 Å². The normalized spacial score (nSPS) is 12.2. The first kappa shape index (κ1) is 30.7. The first-order valence-corrected chi connectivity index (χ1v) is 15.2. The molecule has 1 unspecified atom stereocenters. The molecule has 0 aliphatic heterocycles. The molecule has 2 amide bonds. The molecule has 0 heterocycles. The summed E-state index contributed by atoms with van der Waals surface area (Å²) in [6.07, 6.45) is 0.347. The summed E-state index contributed by atoms with van der Waals surface area (Å²) in [5, 5.41) is 3.43. The van der Waals surface area contributed by atoms with E-state index in [-0.39, 0.29) is 23.4 Å². The molecule has 7 nitrogen and oxygen atoms in total. The summed E-state index contributed by atoms with van der Waals surface area (Å²) in [6.45, 7) is 7.00. The molecule has 208 valence electrons. The number of aryl methyl sites for hydroxylation is 1. The van der Waals surface area contributed by atoms with Crippen molar-refractivity contribution in [3.8, 4) is 0 Å². The Morgan fingerprint density at radius 1 is 1.00 bits per heavy atom. The van der Waals surface area contributed by atoms with E-state index in [0.29, 0.717) is 21.6 Å². The van der Waals surface area contributed by atoms with Gasteiger partial charge in [0.25, 0.3) is 10.0 Å². The monoisotopic (exact) mass is 633 g/mol. The summed E-state index contributed by atoms with van der Waals surface area (Å²) in [5.41, 5.74) is 2.00. The third kappa shape index (κ3) is 8.06. The smallest absolute Gasteiger partial charge is 0.264 e. The van der Waals surface area contributed by atoms with E-state index in [4.69, 9.17) is 11.6 Å². The largest absolute Gasteiger partial charge is 0.352 e. The molecular formula is C29H33BrClN3O4S. The van der Waals surface area contributed by atoms with Crippen LogP contribution in [0.3, 0.4) is 0 Å². The molecule has 0 saturated carbocycles. The van der Waals surface area contributed by atoms with E-state index in [1.807, 2.05) is 27.7 Å². The second kappa shape index (κ2) is 13.5. The summed E-state index contributed by atoms with van der Waals surface area (Å²) in [6, 6.07) is 19.3. The molecule has 3 aromatic carbocycles. The van der Waals surface area contributed by atoms with Crippen LogP contribution in [0.5, 0.6) is 0 Å². The lowest BCUT2D eigenvalue weighted by Crippen LogP contribution is -2.53. The molecule has 0 aromatic heterocycles. The molecule has 0 bridgehead atoms. The van der Waals surface area contributed by atoms with E-state index in [2.05, 4.69) is 21.2 Å². The maximum atomic E-state index is 14.0. The van der Waals surface area contributed by atoms with Gasteiger partial charge in [-0.3, -0.25) is 13.9 Å². The zero-order valence-electron chi connectivity index (χ0n) is 22.4. The molecule has 0 radical (unpaired) electrons. The third-order valence-corrected chi connectivity index (χ3v) is 8.60. The number of halogens is 2. The number of nitrogens with zero attached hydrogens (tertiary/aromatic N) is 2. The second-order valence-electron chi connectivity index (χ2n) is 9.54. The minimum Gasteiger partial charge on any atom is -0.352 e. The van der Waals surface area contributed by atoms with Gasteiger partial charge in [-0.05, 0) is 75.2 Å². The highest BCUT2D eigenvalue weighted by molar-refractivity contribution is 9.10. The highest BCUT2D eigenvalue weighted by Gasteiger charge is 2.33. The summed E-state index contributed by atoms with van der Waals surface area (Å²) in [7, 11) is -4.12. The molecule has 10 heteroatoms. The fourth-order valence-electron chi connectivity index (χ4n) is 4.08. The number of carbonyl (C=O) groups excluding carboxylic acids is 2. The van der Waals surface area contributed by atoms with Crippen LogP contribution in [0, 0.1) is 6.92 Å². The van der Waals surface area contributed by atoms with Gasteiger partial charge < -0.3 is 10.2 Å². The minimum atomic E-state index is -4.12. The van der Waals surface area contributed by atoms with Gasteiger partial charge in [0.15, 0.2) is 0 Å². The Morgan fingerprint density at radius 2 is 1.64 bits per heavy atom. The van der Waals surface area contributed by atoms with Crippen molar-refractivity contribution in [2.45, 2.75) is 57.6 Å². The predicted molar refractivity (Wildman–Crippen MR) is 159 cm³/mol. The Kier molecular flexibility index (Phi) is 10.6. The van der Waals surface area contributed by atoms with Crippen LogP contribution in [-0.2, 0) is 26.2 Å². The SMILES string of the molecule is CCC(C(=O)NC(C)C)N(Cc1ccc(Cl)cc1)C(=O)CN(c1cccc(Br)c1)S(=O)(=O)c1ccc(C)cc1. The fourth-order valence-corrected chi connectivity index (χ4v) is 6.00. The van der Waals surface area contributed by atoms with Gasteiger partial charge in [0.05, 0.1) is 10.6 Å². The number of nitrogens with one attached hydrogen (secondary N) is 1. The Labute approximate surface area is 244 Å². The van der Waals surface area contributed by atoms with E-state index in [1.165, 1.54) is 17.0 Å². The molecule has 1 atom stereocenters. The van der Waals surface area contributed by atoms with Gasteiger partial charge >= 0.3 is 0 Å². The summed E-state index contributed by atoms with van der Waals surface area (Å²) in [4.78, 5) is 28.7. The van der Waals surface area contributed by atoms with Crippen molar-refractivity contribution in [2.75, 3.05) is 10.8 Å². The number of amides is 2. The maximum absolute atomic E-state index is 14.0. The lowest BCUT2D eigenvalue weighted by atomic mass is 10.1. The molecule has 0 aliphatic rings. The van der Waals surface area contributed by atoms with Crippen LogP contribution in [0.4, 0.5) is 5.69 Å². The van der Waals surface area contributed by atoms with E-state index in [0.717, 1.165) is 15.4 Å². The minimum absolute atomic E-state index is 0.0646.